The van der Waals surface area contributed by atoms with Gasteiger partial charge >= 0.3 is 0 Å². The van der Waals surface area contributed by atoms with Gasteiger partial charge in [-0.1, -0.05) is 78.1 Å². The molecule has 2 aromatic rings. The van der Waals surface area contributed by atoms with Crippen LogP contribution in [0.1, 0.15) is 103 Å². The molecule has 1 aliphatic carbocycles. The van der Waals surface area contributed by atoms with Crippen LogP contribution >= 0.6 is 0 Å². The average molecular weight is 437 g/mol. The van der Waals surface area contributed by atoms with Crippen molar-refractivity contribution < 1.29 is 4.74 Å². The summed E-state index contributed by atoms with van der Waals surface area (Å²) in [6.07, 6.45) is 22.6. The minimum atomic E-state index is 0.794. The van der Waals surface area contributed by atoms with Crippen LogP contribution in [-0.2, 0) is 6.42 Å². The van der Waals surface area contributed by atoms with Crippen molar-refractivity contribution >= 4 is 0 Å². The smallest absolute Gasteiger partial charge is 0.159 e. The zero-order valence-electron chi connectivity index (χ0n) is 20.5. The molecule has 1 aromatic heterocycles. The second kappa shape index (κ2) is 14.3. The van der Waals surface area contributed by atoms with Crippen molar-refractivity contribution in [1.29, 1.82) is 0 Å². The van der Waals surface area contributed by atoms with E-state index in [1.165, 1.54) is 89.0 Å². The van der Waals surface area contributed by atoms with E-state index >= 15 is 0 Å². The second-order valence-electron chi connectivity index (χ2n) is 9.69. The molecule has 3 nitrogen and oxygen atoms in total. The Labute approximate surface area is 196 Å². The summed E-state index contributed by atoms with van der Waals surface area (Å²) in [6, 6.07) is 8.27. The number of hydrogen-bond acceptors (Lipinski definition) is 3. The fraction of sp³-hybridized carbons (Fsp3) is 0.655. The largest absolute Gasteiger partial charge is 0.494 e. The highest BCUT2D eigenvalue weighted by Gasteiger charge is 2.24. The Bertz CT molecular complexity index is 741. The molecule has 0 spiro atoms. The highest BCUT2D eigenvalue weighted by atomic mass is 16.5. The molecule has 32 heavy (non-hydrogen) atoms. The third kappa shape index (κ3) is 8.22. The molecule has 0 amide bonds. The maximum Gasteiger partial charge on any atom is 0.159 e. The van der Waals surface area contributed by atoms with Crippen molar-refractivity contribution in [2.24, 2.45) is 11.8 Å². The molecular formula is C29H44N2O. The summed E-state index contributed by atoms with van der Waals surface area (Å²) >= 11 is 0. The maximum atomic E-state index is 6.05. The standard InChI is InChI=1S/C29H44N2O/c1-3-5-7-12-24-22-30-29(31-23-24)27-17-19-28(20-18-27)32-21-11-16-26-15-10-9-14-25(26)13-8-6-4-2/h17-20,22-23,25-26H,3-16,21H2,1-2H3. The molecule has 1 aromatic carbocycles. The lowest BCUT2D eigenvalue weighted by Crippen LogP contribution is -2.20. The van der Waals surface area contributed by atoms with Crippen LogP contribution < -0.4 is 4.74 Å². The van der Waals surface area contributed by atoms with Gasteiger partial charge in [0.25, 0.3) is 0 Å². The molecule has 1 fully saturated rings. The van der Waals surface area contributed by atoms with Gasteiger partial charge in [0.05, 0.1) is 6.61 Å². The van der Waals surface area contributed by atoms with Gasteiger partial charge in [-0.3, -0.25) is 0 Å². The lowest BCUT2D eigenvalue weighted by molar-refractivity contribution is 0.190. The second-order valence-corrected chi connectivity index (χ2v) is 9.69. The molecule has 1 saturated carbocycles. The summed E-state index contributed by atoms with van der Waals surface area (Å²) in [7, 11) is 0. The number of aryl methyl sites for hydroxylation is 1. The Morgan fingerprint density at radius 2 is 1.41 bits per heavy atom. The van der Waals surface area contributed by atoms with Crippen molar-refractivity contribution in [1.82, 2.24) is 9.97 Å². The first-order valence-electron chi connectivity index (χ1n) is 13.3. The van der Waals surface area contributed by atoms with Crippen LogP contribution in [-0.4, -0.2) is 16.6 Å². The Morgan fingerprint density at radius 1 is 0.781 bits per heavy atom. The summed E-state index contributed by atoms with van der Waals surface area (Å²) in [6.45, 7) is 5.36. The fourth-order valence-electron chi connectivity index (χ4n) is 5.15. The van der Waals surface area contributed by atoms with E-state index in [-0.39, 0.29) is 0 Å². The molecule has 3 heteroatoms. The zero-order valence-corrected chi connectivity index (χ0v) is 20.5. The minimum absolute atomic E-state index is 0.794. The Morgan fingerprint density at radius 3 is 2.06 bits per heavy atom. The monoisotopic (exact) mass is 436 g/mol. The van der Waals surface area contributed by atoms with Crippen molar-refractivity contribution in [3.8, 4) is 17.1 Å². The molecule has 0 N–H and O–H groups in total. The molecule has 176 valence electrons. The molecule has 1 heterocycles. The number of unbranched alkanes of at least 4 members (excludes halogenated alkanes) is 4. The fourth-order valence-corrected chi connectivity index (χ4v) is 5.15. The first kappa shape index (κ1) is 24.7. The molecule has 2 atom stereocenters. The summed E-state index contributed by atoms with van der Waals surface area (Å²) in [5.74, 6) is 3.64. The Balaban J connectivity index is 1.40. The van der Waals surface area contributed by atoms with Crippen LogP contribution in [0, 0.1) is 11.8 Å². The Hall–Kier alpha value is -1.90. The first-order valence-corrected chi connectivity index (χ1v) is 13.3. The van der Waals surface area contributed by atoms with Crippen LogP contribution in [0.15, 0.2) is 36.7 Å². The van der Waals surface area contributed by atoms with Gasteiger partial charge in [-0.05, 0) is 67.3 Å². The van der Waals surface area contributed by atoms with Gasteiger partial charge in [0, 0.05) is 18.0 Å². The van der Waals surface area contributed by atoms with Crippen LogP contribution in [0.2, 0.25) is 0 Å². The molecule has 0 saturated heterocycles. The van der Waals surface area contributed by atoms with Crippen molar-refractivity contribution in [2.75, 3.05) is 6.61 Å². The quantitative estimate of drug-likeness (QED) is 0.279. The summed E-state index contributed by atoms with van der Waals surface area (Å²) in [5, 5.41) is 0. The van der Waals surface area contributed by atoms with Gasteiger partial charge < -0.3 is 4.74 Å². The van der Waals surface area contributed by atoms with Gasteiger partial charge in [0.1, 0.15) is 5.75 Å². The number of rotatable bonds is 14. The van der Waals surface area contributed by atoms with Gasteiger partial charge in [-0.2, -0.15) is 0 Å². The SMILES string of the molecule is CCCCCc1cnc(-c2ccc(OCCCC3CCCCC3CCCCC)cc2)nc1. The number of hydrogen-bond donors (Lipinski definition) is 0. The lowest BCUT2D eigenvalue weighted by Gasteiger charge is -2.31. The van der Waals surface area contributed by atoms with E-state index in [1.807, 2.05) is 12.4 Å². The average Bonchev–Trinajstić information content (AvgIpc) is 2.84. The van der Waals surface area contributed by atoms with Crippen LogP contribution in [0.4, 0.5) is 0 Å². The minimum Gasteiger partial charge on any atom is -0.494 e. The normalized spacial score (nSPS) is 18.6. The van der Waals surface area contributed by atoms with Crippen molar-refractivity contribution in [3.63, 3.8) is 0 Å². The van der Waals surface area contributed by atoms with Gasteiger partial charge in [0.2, 0.25) is 0 Å². The topological polar surface area (TPSA) is 35.0 Å². The highest BCUT2D eigenvalue weighted by Crippen LogP contribution is 2.36. The van der Waals surface area contributed by atoms with E-state index in [0.717, 1.165) is 42.0 Å². The summed E-state index contributed by atoms with van der Waals surface area (Å²) in [4.78, 5) is 9.13. The predicted molar refractivity (Wildman–Crippen MR) is 135 cm³/mol. The third-order valence-electron chi connectivity index (χ3n) is 7.12. The van der Waals surface area contributed by atoms with E-state index in [1.54, 1.807) is 0 Å². The molecule has 1 aliphatic rings. The molecule has 0 radical (unpaired) electrons. The molecule has 2 unspecified atom stereocenters. The van der Waals surface area contributed by atoms with E-state index in [0.29, 0.717) is 0 Å². The molecule has 0 aliphatic heterocycles. The predicted octanol–water partition coefficient (Wildman–Crippen LogP) is 8.42. The zero-order chi connectivity index (χ0) is 22.4. The molecule has 0 bridgehead atoms. The number of aromatic nitrogens is 2. The van der Waals surface area contributed by atoms with Crippen molar-refractivity contribution in [2.45, 2.75) is 104 Å². The van der Waals surface area contributed by atoms with Gasteiger partial charge in [-0.15, -0.1) is 0 Å². The highest BCUT2D eigenvalue weighted by molar-refractivity contribution is 5.55. The van der Waals surface area contributed by atoms with Gasteiger partial charge in [-0.25, -0.2) is 9.97 Å². The van der Waals surface area contributed by atoms with E-state index in [9.17, 15) is 0 Å². The third-order valence-corrected chi connectivity index (χ3v) is 7.12. The summed E-state index contributed by atoms with van der Waals surface area (Å²) < 4.78 is 6.05. The van der Waals surface area contributed by atoms with E-state index < -0.39 is 0 Å². The Kier molecular flexibility index (Phi) is 11.0. The van der Waals surface area contributed by atoms with E-state index in [2.05, 4.69) is 48.1 Å². The summed E-state index contributed by atoms with van der Waals surface area (Å²) in [5.41, 5.74) is 2.28. The number of nitrogens with zero attached hydrogens (tertiary/aromatic N) is 2. The van der Waals surface area contributed by atoms with Gasteiger partial charge in [0.15, 0.2) is 5.82 Å². The van der Waals surface area contributed by atoms with E-state index in [4.69, 9.17) is 4.74 Å². The van der Waals surface area contributed by atoms with Crippen LogP contribution in [0.3, 0.4) is 0 Å². The van der Waals surface area contributed by atoms with Crippen LogP contribution in [0.5, 0.6) is 5.75 Å². The lowest BCUT2D eigenvalue weighted by atomic mass is 9.74. The van der Waals surface area contributed by atoms with Crippen molar-refractivity contribution in [3.05, 3.63) is 42.2 Å². The number of ether oxygens (including phenoxy) is 1. The van der Waals surface area contributed by atoms with Crippen LogP contribution in [0.25, 0.3) is 11.4 Å². The molecule has 3 rings (SSSR count). The first-order chi connectivity index (χ1) is 15.8. The number of benzene rings is 1. The maximum absolute atomic E-state index is 6.05. The molecular weight excluding hydrogens is 392 g/mol.